The predicted molar refractivity (Wildman–Crippen MR) is 152 cm³/mol. The summed E-state index contributed by atoms with van der Waals surface area (Å²) in [6, 6.07) is 21.2. The molecule has 0 bridgehead atoms. The normalized spacial score (nSPS) is 13.8. The highest BCUT2D eigenvalue weighted by atomic mass is 35.5. The summed E-state index contributed by atoms with van der Waals surface area (Å²) < 4.78 is 7.32. The molecule has 0 aliphatic carbocycles. The molecule has 4 aromatic rings. The number of piperazine rings is 1. The lowest BCUT2D eigenvalue weighted by Gasteiger charge is -2.34. The van der Waals surface area contributed by atoms with Gasteiger partial charge in [-0.1, -0.05) is 65.1 Å². The molecule has 1 aliphatic heterocycles. The molecule has 39 heavy (non-hydrogen) atoms. The van der Waals surface area contributed by atoms with Gasteiger partial charge in [-0.05, 0) is 42.5 Å². The molecule has 11 heteroatoms. The Morgan fingerprint density at radius 2 is 1.59 bits per heavy atom. The molecule has 1 N–H and O–H groups in total. The maximum absolute atomic E-state index is 13.5. The molecular formula is C28H24Cl3N5O3. The van der Waals surface area contributed by atoms with Gasteiger partial charge in [-0.3, -0.25) is 15.0 Å². The Hall–Kier alpha value is -3.56. The van der Waals surface area contributed by atoms with Crippen LogP contribution in [0.1, 0.15) is 20.8 Å². The zero-order chi connectivity index (χ0) is 27.5. The summed E-state index contributed by atoms with van der Waals surface area (Å²) >= 11 is 18.7. The van der Waals surface area contributed by atoms with Crippen molar-refractivity contribution in [2.24, 2.45) is 0 Å². The highest BCUT2D eigenvalue weighted by Gasteiger charge is 2.29. The van der Waals surface area contributed by atoms with Gasteiger partial charge in [0.25, 0.3) is 11.8 Å². The first-order valence-electron chi connectivity index (χ1n) is 12.1. The SMILES string of the molecule is COc1c(C(=O)NN2CCN(C(=O)c3cccc(Cl)c3)CC2)nn(-c2ccccc2Cl)c1-c1ccc(Cl)cc1. The average molecular weight is 585 g/mol. The summed E-state index contributed by atoms with van der Waals surface area (Å²) in [6.07, 6.45) is 0. The van der Waals surface area contributed by atoms with Crippen LogP contribution in [0.25, 0.3) is 16.9 Å². The van der Waals surface area contributed by atoms with Crippen molar-refractivity contribution in [2.75, 3.05) is 33.3 Å². The van der Waals surface area contributed by atoms with E-state index in [1.165, 1.54) is 7.11 Å². The number of ether oxygens (including phenoxy) is 1. The molecule has 0 radical (unpaired) electrons. The zero-order valence-electron chi connectivity index (χ0n) is 20.9. The summed E-state index contributed by atoms with van der Waals surface area (Å²) in [4.78, 5) is 28.1. The van der Waals surface area contributed by atoms with Crippen LogP contribution in [0.5, 0.6) is 5.75 Å². The first kappa shape index (κ1) is 27.0. The van der Waals surface area contributed by atoms with Gasteiger partial charge in [-0.25, -0.2) is 9.69 Å². The third-order valence-electron chi connectivity index (χ3n) is 6.36. The average Bonchev–Trinajstić information content (AvgIpc) is 3.33. The van der Waals surface area contributed by atoms with E-state index in [2.05, 4.69) is 10.5 Å². The second-order valence-electron chi connectivity index (χ2n) is 8.83. The summed E-state index contributed by atoms with van der Waals surface area (Å²) in [6.45, 7) is 1.75. The largest absolute Gasteiger partial charge is 0.492 e. The fraction of sp³-hybridized carbons (Fsp3) is 0.179. The highest BCUT2D eigenvalue weighted by Crippen LogP contribution is 2.37. The van der Waals surface area contributed by atoms with Crippen LogP contribution in [-0.4, -0.2) is 64.8 Å². The van der Waals surface area contributed by atoms with E-state index in [1.807, 2.05) is 30.3 Å². The smallest absolute Gasteiger partial charge is 0.289 e. The molecule has 1 aromatic heterocycles. The monoisotopic (exact) mass is 583 g/mol. The summed E-state index contributed by atoms with van der Waals surface area (Å²) in [5.74, 6) is -0.247. The van der Waals surface area contributed by atoms with E-state index in [1.54, 1.807) is 57.1 Å². The Labute approximate surface area is 240 Å². The van der Waals surface area contributed by atoms with E-state index in [-0.39, 0.29) is 11.6 Å². The number of hydrogen-bond acceptors (Lipinski definition) is 5. The molecule has 5 rings (SSSR count). The molecule has 2 heterocycles. The number of benzene rings is 3. The number of hydrogen-bond donors (Lipinski definition) is 1. The van der Waals surface area contributed by atoms with Crippen molar-refractivity contribution >= 4 is 46.6 Å². The van der Waals surface area contributed by atoms with E-state index in [0.29, 0.717) is 63.9 Å². The van der Waals surface area contributed by atoms with Crippen LogP contribution >= 0.6 is 34.8 Å². The van der Waals surface area contributed by atoms with E-state index in [9.17, 15) is 9.59 Å². The maximum atomic E-state index is 13.5. The van der Waals surface area contributed by atoms with E-state index < -0.39 is 5.91 Å². The minimum absolute atomic E-state index is 0.0970. The molecule has 0 saturated carbocycles. The van der Waals surface area contributed by atoms with Crippen LogP contribution in [0.4, 0.5) is 0 Å². The number of halogens is 3. The van der Waals surface area contributed by atoms with Crippen molar-refractivity contribution in [1.29, 1.82) is 0 Å². The fourth-order valence-electron chi connectivity index (χ4n) is 4.43. The molecule has 1 saturated heterocycles. The van der Waals surface area contributed by atoms with Crippen LogP contribution in [0.2, 0.25) is 15.1 Å². The van der Waals surface area contributed by atoms with Gasteiger partial charge in [0.05, 0.1) is 17.8 Å². The topological polar surface area (TPSA) is 79.7 Å². The number of para-hydroxylation sites is 1. The molecule has 2 amide bonds. The lowest BCUT2D eigenvalue weighted by Crippen LogP contribution is -2.54. The van der Waals surface area contributed by atoms with Gasteiger partial charge < -0.3 is 9.64 Å². The Kier molecular flexibility index (Phi) is 8.09. The lowest BCUT2D eigenvalue weighted by molar-refractivity contribution is 0.0502. The van der Waals surface area contributed by atoms with Crippen LogP contribution in [0.3, 0.4) is 0 Å². The summed E-state index contributed by atoms with van der Waals surface area (Å²) in [7, 11) is 1.49. The van der Waals surface area contributed by atoms with Gasteiger partial charge in [0.1, 0.15) is 5.69 Å². The lowest BCUT2D eigenvalue weighted by atomic mass is 10.1. The van der Waals surface area contributed by atoms with Gasteiger partial charge in [-0.15, -0.1) is 0 Å². The van der Waals surface area contributed by atoms with Gasteiger partial charge in [0, 0.05) is 47.4 Å². The quantitative estimate of drug-likeness (QED) is 0.319. The molecular weight excluding hydrogens is 561 g/mol. The van der Waals surface area contributed by atoms with E-state index in [4.69, 9.17) is 39.5 Å². The number of hydrazine groups is 1. The first-order valence-corrected chi connectivity index (χ1v) is 13.3. The number of nitrogens with zero attached hydrogens (tertiary/aromatic N) is 4. The summed E-state index contributed by atoms with van der Waals surface area (Å²) in [5.41, 5.74) is 5.44. The number of carbonyl (C=O) groups is 2. The van der Waals surface area contributed by atoms with Gasteiger partial charge in [-0.2, -0.15) is 5.10 Å². The van der Waals surface area contributed by atoms with Gasteiger partial charge >= 0.3 is 0 Å². The van der Waals surface area contributed by atoms with E-state index in [0.717, 1.165) is 5.56 Å². The van der Waals surface area contributed by atoms with E-state index >= 15 is 0 Å². The third-order valence-corrected chi connectivity index (χ3v) is 7.16. The number of methoxy groups -OCH3 is 1. The van der Waals surface area contributed by atoms with Crippen LogP contribution in [0.15, 0.2) is 72.8 Å². The number of aromatic nitrogens is 2. The molecule has 3 aromatic carbocycles. The molecule has 0 atom stereocenters. The predicted octanol–water partition coefficient (Wildman–Crippen LogP) is 5.61. The third kappa shape index (κ3) is 5.74. The minimum Gasteiger partial charge on any atom is -0.492 e. The molecule has 0 unspecified atom stereocenters. The molecule has 1 aliphatic rings. The Morgan fingerprint density at radius 3 is 2.26 bits per heavy atom. The second kappa shape index (κ2) is 11.7. The fourth-order valence-corrected chi connectivity index (χ4v) is 4.96. The Bertz CT molecular complexity index is 1520. The Morgan fingerprint density at radius 1 is 0.872 bits per heavy atom. The number of rotatable bonds is 6. The van der Waals surface area contributed by atoms with Gasteiger partial charge in [0.15, 0.2) is 11.4 Å². The van der Waals surface area contributed by atoms with Crippen molar-refractivity contribution in [2.45, 2.75) is 0 Å². The zero-order valence-corrected chi connectivity index (χ0v) is 23.2. The van der Waals surface area contributed by atoms with Crippen LogP contribution < -0.4 is 10.2 Å². The second-order valence-corrected chi connectivity index (χ2v) is 10.1. The molecule has 1 fully saturated rings. The number of amides is 2. The molecule has 200 valence electrons. The van der Waals surface area contributed by atoms with Crippen molar-refractivity contribution in [3.05, 3.63) is 99.1 Å². The van der Waals surface area contributed by atoms with Crippen LogP contribution in [-0.2, 0) is 0 Å². The maximum Gasteiger partial charge on any atom is 0.289 e. The molecule has 0 spiro atoms. The number of nitrogens with one attached hydrogen (secondary N) is 1. The van der Waals surface area contributed by atoms with Crippen molar-refractivity contribution in [1.82, 2.24) is 25.1 Å². The van der Waals surface area contributed by atoms with Crippen LogP contribution in [0, 0.1) is 0 Å². The standard InChI is InChI=1S/C28H24Cl3N5O3/c1-39-26-24(27(37)33-35-15-13-34(14-16-35)28(38)19-5-4-6-21(30)17-19)32-36(23-8-3-2-7-22(23)31)25(26)18-9-11-20(29)12-10-18/h2-12,17H,13-16H2,1H3,(H,33,37). The summed E-state index contributed by atoms with van der Waals surface area (Å²) in [5, 5.41) is 7.94. The number of carbonyl (C=O) groups excluding carboxylic acids is 2. The Balaban J connectivity index is 1.38. The first-order chi connectivity index (χ1) is 18.9. The highest BCUT2D eigenvalue weighted by molar-refractivity contribution is 6.32. The van der Waals surface area contributed by atoms with Gasteiger partial charge in [0.2, 0.25) is 0 Å². The minimum atomic E-state index is -0.442. The molecule has 8 nitrogen and oxygen atoms in total. The van der Waals surface area contributed by atoms with Crippen molar-refractivity contribution in [3.63, 3.8) is 0 Å². The van der Waals surface area contributed by atoms with Crippen molar-refractivity contribution in [3.8, 4) is 22.7 Å². The van der Waals surface area contributed by atoms with Crippen molar-refractivity contribution < 1.29 is 14.3 Å².